The second kappa shape index (κ2) is 6.79. The van der Waals surface area contributed by atoms with Crippen LogP contribution in [-0.2, 0) is 0 Å². The summed E-state index contributed by atoms with van der Waals surface area (Å²) in [6, 6.07) is 3.52. The zero-order chi connectivity index (χ0) is 11.8. The quantitative estimate of drug-likeness (QED) is 0.440. The molecule has 0 aromatic carbocycles. The summed E-state index contributed by atoms with van der Waals surface area (Å²) >= 11 is 0. The third-order valence-electron chi connectivity index (χ3n) is 1.94. The molecule has 0 spiro atoms. The van der Waals surface area contributed by atoms with E-state index < -0.39 is 0 Å². The van der Waals surface area contributed by atoms with Crippen molar-refractivity contribution in [3.05, 3.63) is 18.3 Å². The van der Waals surface area contributed by atoms with E-state index in [-0.39, 0.29) is 0 Å². The van der Waals surface area contributed by atoms with Crippen LogP contribution in [0, 0.1) is 5.92 Å². The molecule has 0 aliphatic rings. The van der Waals surface area contributed by atoms with Crippen LogP contribution in [0.3, 0.4) is 0 Å². The number of hydroxylamine groups is 1. The largest absolute Gasteiger partial charge is 0.478 e. The minimum absolute atomic E-state index is 0.594. The molecular weight excluding hydrogens is 206 g/mol. The highest BCUT2D eigenvalue weighted by Crippen LogP contribution is 2.14. The van der Waals surface area contributed by atoms with E-state index in [1.165, 1.54) is 6.34 Å². The van der Waals surface area contributed by atoms with Crippen LogP contribution in [0.25, 0.3) is 0 Å². The zero-order valence-corrected chi connectivity index (χ0v) is 9.55. The van der Waals surface area contributed by atoms with Crippen molar-refractivity contribution in [3.8, 4) is 5.88 Å². The van der Waals surface area contributed by atoms with Gasteiger partial charge in [-0.3, -0.25) is 10.7 Å². The van der Waals surface area contributed by atoms with Crippen molar-refractivity contribution in [2.24, 2.45) is 10.9 Å². The first kappa shape index (κ1) is 12.4. The molecule has 1 heterocycles. The normalized spacial score (nSPS) is 11.0. The van der Waals surface area contributed by atoms with Crippen molar-refractivity contribution < 1.29 is 9.94 Å². The van der Waals surface area contributed by atoms with Gasteiger partial charge in [0.2, 0.25) is 5.88 Å². The third-order valence-corrected chi connectivity index (χ3v) is 1.94. The van der Waals surface area contributed by atoms with Gasteiger partial charge in [-0.1, -0.05) is 13.8 Å². The number of ether oxygens (including phenoxy) is 1. The van der Waals surface area contributed by atoms with Crippen molar-refractivity contribution in [3.63, 3.8) is 0 Å². The van der Waals surface area contributed by atoms with Gasteiger partial charge in [0.05, 0.1) is 18.5 Å². The molecule has 1 aromatic heterocycles. The van der Waals surface area contributed by atoms with Gasteiger partial charge in [-0.05, 0) is 18.4 Å². The lowest BCUT2D eigenvalue weighted by Gasteiger charge is -2.06. The predicted molar refractivity (Wildman–Crippen MR) is 62.3 cm³/mol. The molecule has 88 valence electrons. The Balaban J connectivity index is 2.42. The second-order valence-corrected chi connectivity index (χ2v) is 3.77. The molecule has 2 N–H and O–H groups in total. The number of pyridine rings is 1. The molecule has 0 atom stereocenters. The van der Waals surface area contributed by atoms with Gasteiger partial charge in [-0.25, -0.2) is 9.98 Å². The van der Waals surface area contributed by atoms with Crippen molar-refractivity contribution in [1.29, 1.82) is 0 Å². The van der Waals surface area contributed by atoms with Crippen molar-refractivity contribution in [1.82, 2.24) is 10.5 Å². The fourth-order valence-corrected chi connectivity index (χ4v) is 1.04. The molecule has 0 aliphatic heterocycles. The molecule has 5 heteroatoms. The Morgan fingerprint density at radius 1 is 1.56 bits per heavy atom. The molecule has 0 aliphatic carbocycles. The van der Waals surface area contributed by atoms with E-state index in [4.69, 9.17) is 9.94 Å². The molecule has 0 saturated carbocycles. The second-order valence-electron chi connectivity index (χ2n) is 3.77. The number of nitrogens with zero attached hydrogens (tertiary/aromatic N) is 2. The van der Waals surface area contributed by atoms with E-state index in [9.17, 15) is 0 Å². The third kappa shape index (κ3) is 4.75. The Morgan fingerprint density at radius 3 is 2.94 bits per heavy atom. The lowest BCUT2D eigenvalue weighted by atomic mass is 10.1. The Labute approximate surface area is 95.1 Å². The Kier molecular flexibility index (Phi) is 5.28. The molecule has 16 heavy (non-hydrogen) atoms. The van der Waals surface area contributed by atoms with Gasteiger partial charge in [-0.2, -0.15) is 0 Å². The molecule has 0 bridgehead atoms. The summed E-state index contributed by atoms with van der Waals surface area (Å²) in [7, 11) is 0. The van der Waals surface area contributed by atoms with Gasteiger partial charge in [0, 0.05) is 6.07 Å². The molecule has 1 aromatic rings. The highest BCUT2D eigenvalue weighted by Gasteiger charge is 1.97. The smallest absolute Gasteiger partial charge is 0.213 e. The summed E-state index contributed by atoms with van der Waals surface area (Å²) in [5.74, 6) is 1.22. The van der Waals surface area contributed by atoms with Crippen LogP contribution in [0.1, 0.15) is 20.3 Å². The van der Waals surface area contributed by atoms with Crippen molar-refractivity contribution in [2.45, 2.75) is 20.3 Å². The number of rotatable bonds is 6. The van der Waals surface area contributed by atoms with Gasteiger partial charge in [0.15, 0.2) is 0 Å². The van der Waals surface area contributed by atoms with E-state index in [1.54, 1.807) is 18.3 Å². The van der Waals surface area contributed by atoms with Crippen LogP contribution >= 0.6 is 0 Å². The molecule has 0 unspecified atom stereocenters. The van der Waals surface area contributed by atoms with Gasteiger partial charge >= 0.3 is 0 Å². The summed E-state index contributed by atoms with van der Waals surface area (Å²) in [5.41, 5.74) is 2.48. The minimum Gasteiger partial charge on any atom is -0.478 e. The summed E-state index contributed by atoms with van der Waals surface area (Å²) < 4.78 is 5.45. The molecular formula is C11H17N3O2. The maximum absolute atomic E-state index is 8.31. The number of nitrogens with one attached hydrogen (secondary N) is 1. The van der Waals surface area contributed by atoms with Gasteiger partial charge < -0.3 is 4.74 Å². The number of hydrogen-bond acceptors (Lipinski definition) is 4. The lowest BCUT2D eigenvalue weighted by molar-refractivity contribution is 0.240. The predicted octanol–water partition coefficient (Wildman–Crippen LogP) is 2.15. The molecule has 0 fully saturated rings. The van der Waals surface area contributed by atoms with E-state index >= 15 is 0 Å². The van der Waals surface area contributed by atoms with Crippen LogP contribution in [-0.4, -0.2) is 23.1 Å². The topological polar surface area (TPSA) is 66.7 Å². The maximum Gasteiger partial charge on any atom is 0.213 e. The van der Waals surface area contributed by atoms with Crippen molar-refractivity contribution >= 4 is 12.0 Å². The molecule has 0 amide bonds. The van der Waals surface area contributed by atoms with Crippen LogP contribution in [0.5, 0.6) is 5.88 Å². The molecule has 0 radical (unpaired) electrons. The average molecular weight is 223 g/mol. The summed E-state index contributed by atoms with van der Waals surface area (Å²) in [4.78, 5) is 7.95. The standard InChI is InChI=1S/C11H17N3O2/c1-9(2)5-6-16-11-4-3-10(7-12-11)13-8-14-15/h3-4,7-9,15H,5-6H2,1-2H3,(H,13,14). The summed E-state index contributed by atoms with van der Waals surface area (Å²) in [6.45, 7) is 4.97. The zero-order valence-electron chi connectivity index (χ0n) is 9.55. The SMILES string of the molecule is CC(C)CCOc1ccc(N=CNO)cn1. The first-order valence-electron chi connectivity index (χ1n) is 5.23. The summed E-state index contributed by atoms with van der Waals surface area (Å²) in [5, 5.41) is 8.31. The Hall–Kier alpha value is -1.62. The van der Waals surface area contributed by atoms with Crippen LogP contribution in [0.4, 0.5) is 5.69 Å². The van der Waals surface area contributed by atoms with E-state index in [0.29, 0.717) is 24.1 Å². The van der Waals surface area contributed by atoms with Crippen LogP contribution in [0.2, 0.25) is 0 Å². The Morgan fingerprint density at radius 2 is 2.38 bits per heavy atom. The number of aromatic nitrogens is 1. The average Bonchev–Trinajstić information content (AvgIpc) is 2.27. The fourth-order valence-electron chi connectivity index (χ4n) is 1.04. The van der Waals surface area contributed by atoms with Gasteiger partial charge in [-0.15, -0.1) is 0 Å². The van der Waals surface area contributed by atoms with Crippen LogP contribution < -0.4 is 10.2 Å². The molecule has 1 rings (SSSR count). The minimum atomic E-state index is 0.594. The maximum atomic E-state index is 8.31. The van der Waals surface area contributed by atoms with E-state index in [1.807, 2.05) is 5.48 Å². The van der Waals surface area contributed by atoms with E-state index in [0.717, 1.165) is 6.42 Å². The monoisotopic (exact) mass is 223 g/mol. The fraction of sp³-hybridized carbons (Fsp3) is 0.455. The van der Waals surface area contributed by atoms with Gasteiger partial charge in [0.25, 0.3) is 0 Å². The number of aliphatic imine (C=N–C) groups is 1. The van der Waals surface area contributed by atoms with Crippen LogP contribution in [0.15, 0.2) is 23.3 Å². The molecule has 0 saturated heterocycles. The highest BCUT2D eigenvalue weighted by molar-refractivity contribution is 5.59. The molecule has 5 nitrogen and oxygen atoms in total. The summed E-state index contributed by atoms with van der Waals surface area (Å²) in [6.07, 6.45) is 3.77. The van der Waals surface area contributed by atoms with E-state index in [2.05, 4.69) is 23.8 Å². The van der Waals surface area contributed by atoms with Crippen molar-refractivity contribution in [2.75, 3.05) is 6.61 Å². The number of hydrogen-bond donors (Lipinski definition) is 2. The van der Waals surface area contributed by atoms with Gasteiger partial charge in [0.1, 0.15) is 6.34 Å². The first-order chi connectivity index (χ1) is 7.72. The Bertz CT molecular complexity index is 323. The highest BCUT2D eigenvalue weighted by atomic mass is 16.5. The first-order valence-corrected chi connectivity index (χ1v) is 5.23. The lowest BCUT2D eigenvalue weighted by Crippen LogP contribution is -2.02.